The van der Waals surface area contributed by atoms with Gasteiger partial charge in [0.2, 0.25) is 0 Å². The van der Waals surface area contributed by atoms with E-state index in [1.807, 2.05) is 36.9 Å². The normalized spacial score (nSPS) is 10.4. The van der Waals surface area contributed by atoms with Gasteiger partial charge in [0.15, 0.2) is 0 Å². The van der Waals surface area contributed by atoms with Crippen LogP contribution in [0.25, 0.3) is 11.1 Å². The quantitative estimate of drug-likeness (QED) is 0.627. The average Bonchev–Trinajstić information content (AvgIpc) is 2.97. The predicted molar refractivity (Wildman–Crippen MR) is 97.6 cm³/mol. The molecule has 2 aromatic heterocycles. The van der Waals surface area contributed by atoms with E-state index in [4.69, 9.17) is 23.2 Å². The molecule has 0 unspecified atom stereocenters. The maximum absolute atomic E-state index is 6.09. The first-order chi connectivity index (χ1) is 10.7. The van der Waals surface area contributed by atoms with Crippen LogP contribution in [0, 0.1) is 0 Å². The van der Waals surface area contributed by atoms with Gasteiger partial charge < -0.3 is 4.57 Å². The number of nitrogens with zero attached hydrogens (tertiary/aromatic N) is 3. The zero-order chi connectivity index (χ0) is 15.5. The fourth-order valence-corrected chi connectivity index (χ4v) is 2.70. The molecule has 0 saturated heterocycles. The largest absolute Gasteiger partial charge is 0.330 e. The summed E-state index contributed by atoms with van der Waals surface area (Å²) < 4.78 is 2.13. The molecular weight excluding hydrogens is 353 g/mol. The molecule has 120 valence electrons. The summed E-state index contributed by atoms with van der Waals surface area (Å²) >= 11 is 12.1. The van der Waals surface area contributed by atoms with Crippen molar-refractivity contribution in [3.63, 3.8) is 0 Å². The van der Waals surface area contributed by atoms with Crippen molar-refractivity contribution in [2.45, 2.75) is 19.9 Å². The molecule has 6 heteroatoms. The Hall–Kier alpha value is -1.55. The van der Waals surface area contributed by atoms with Gasteiger partial charge in [0.1, 0.15) is 5.82 Å². The second kappa shape index (κ2) is 7.82. The molecule has 1 aromatic carbocycles. The van der Waals surface area contributed by atoms with Crippen molar-refractivity contribution in [2.75, 3.05) is 0 Å². The Morgan fingerprint density at radius 1 is 1.04 bits per heavy atom. The first-order valence-corrected chi connectivity index (χ1v) is 7.82. The van der Waals surface area contributed by atoms with E-state index in [9.17, 15) is 0 Å². The predicted octanol–water partition coefficient (Wildman–Crippen LogP) is 5.28. The van der Waals surface area contributed by atoms with Gasteiger partial charge >= 0.3 is 0 Å². The molecule has 3 nitrogen and oxygen atoms in total. The molecule has 0 spiro atoms. The molecule has 3 rings (SSSR count). The van der Waals surface area contributed by atoms with Gasteiger partial charge in [-0.25, -0.2) is 4.98 Å². The highest BCUT2D eigenvalue weighted by molar-refractivity contribution is 6.42. The number of aryl methyl sites for hydroxylation is 1. The number of rotatable bonds is 4. The van der Waals surface area contributed by atoms with Crippen LogP contribution in [0.5, 0.6) is 0 Å². The lowest BCUT2D eigenvalue weighted by molar-refractivity contribution is 0.730. The summed E-state index contributed by atoms with van der Waals surface area (Å²) in [6.07, 6.45) is 8.44. The van der Waals surface area contributed by atoms with Crippen LogP contribution in [0.3, 0.4) is 0 Å². The Bertz CT molecular complexity index is 799. The molecule has 3 aromatic rings. The highest BCUT2D eigenvalue weighted by Gasteiger charge is 2.06. The van der Waals surface area contributed by atoms with E-state index in [0.29, 0.717) is 10.0 Å². The summed E-state index contributed by atoms with van der Waals surface area (Å²) in [5.74, 6) is 1.07. The van der Waals surface area contributed by atoms with E-state index >= 15 is 0 Å². The van der Waals surface area contributed by atoms with Gasteiger partial charge in [-0.3, -0.25) is 4.98 Å². The summed E-state index contributed by atoms with van der Waals surface area (Å²) in [5, 5.41) is 1.10. The van der Waals surface area contributed by atoms with Crippen LogP contribution in [-0.2, 0) is 13.0 Å². The van der Waals surface area contributed by atoms with E-state index in [-0.39, 0.29) is 12.4 Å². The van der Waals surface area contributed by atoms with Crippen LogP contribution in [-0.4, -0.2) is 14.5 Å². The first kappa shape index (κ1) is 17.8. The summed E-state index contributed by atoms with van der Waals surface area (Å²) in [5.41, 5.74) is 3.15. The van der Waals surface area contributed by atoms with Gasteiger partial charge in [-0.2, -0.15) is 0 Å². The zero-order valence-electron chi connectivity index (χ0n) is 12.5. The number of halogens is 3. The number of hydrogen-bond acceptors (Lipinski definition) is 2. The van der Waals surface area contributed by atoms with Crippen LogP contribution >= 0.6 is 35.6 Å². The summed E-state index contributed by atoms with van der Waals surface area (Å²) in [6.45, 7) is 2.86. The van der Waals surface area contributed by atoms with Crippen LogP contribution in [0.4, 0.5) is 0 Å². The number of imidazole rings is 1. The van der Waals surface area contributed by atoms with E-state index in [1.54, 1.807) is 6.07 Å². The monoisotopic (exact) mass is 367 g/mol. The van der Waals surface area contributed by atoms with Crippen molar-refractivity contribution in [3.8, 4) is 11.1 Å². The van der Waals surface area contributed by atoms with Crippen molar-refractivity contribution >= 4 is 35.6 Å². The molecule has 23 heavy (non-hydrogen) atoms. The standard InChI is InChI=1S/C17H15Cl2N3.ClH/c1-2-17-21-5-6-22(17)11-12-7-14(10-20-9-12)13-3-4-15(18)16(19)8-13;/h3-10H,2,11H2,1H3;1H. The van der Waals surface area contributed by atoms with Gasteiger partial charge in [-0.15, -0.1) is 12.4 Å². The summed E-state index contributed by atoms with van der Waals surface area (Å²) in [4.78, 5) is 8.68. The molecule has 0 N–H and O–H groups in total. The Labute approximate surface area is 151 Å². The van der Waals surface area contributed by atoms with Crippen molar-refractivity contribution in [1.82, 2.24) is 14.5 Å². The van der Waals surface area contributed by atoms with E-state index in [2.05, 4.69) is 27.5 Å². The maximum atomic E-state index is 6.09. The summed E-state index contributed by atoms with van der Waals surface area (Å²) in [7, 11) is 0. The minimum atomic E-state index is 0. The number of benzene rings is 1. The highest BCUT2D eigenvalue weighted by atomic mass is 35.5. The van der Waals surface area contributed by atoms with Gasteiger partial charge in [0.25, 0.3) is 0 Å². The Kier molecular flexibility index (Phi) is 6.05. The van der Waals surface area contributed by atoms with Gasteiger partial charge in [0.05, 0.1) is 16.6 Å². The number of aromatic nitrogens is 3. The lowest BCUT2D eigenvalue weighted by Gasteiger charge is -2.09. The molecule has 0 aliphatic heterocycles. The zero-order valence-corrected chi connectivity index (χ0v) is 14.9. The Balaban J connectivity index is 0.00000192. The minimum Gasteiger partial charge on any atom is -0.330 e. The van der Waals surface area contributed by atoms with Crippen molar-refractivity contribution in [2.24, 2.45) is 0 Å². The summed E-state index contributed by atoms with van der Waals surface area (Å²) in [6, 6.07) is 7.73. The van der Waals surface area contributed by atoms with E-state index < -0.39 is 0 Å². The van der Waals surface area contributed by atoms with Crippen LogP contribution < -0.4 is 0 Å². The number of pyridine rings is 1. The van der Waals surface area contributed by atoms with Crippen molar-refractivity contribution in [3.05, 3.63) is 70.5 Å². The van der Waals surface area contributed by atoms with Crippen LogP contribution in [0.1, 0.15) is 18.3 Å². The smallest absolute Gasteiger partial charge is 0.108 e. The third kappa shape index (κ3) is 4.05. The van der Waals surface area contributed by atoms with Gasteiger partial charge in [-0.05, 0) is 29.3 Å². The molecule has 0 amide bonds. The lowest BCUT2D eigenvalue weighted by atomic mass is 10.1. The molecular formula is C17H16Cl3N3. The van der Waals surface area contributed by atoms with Crippen molar-refractivity contribution < 1.29 is 0 Å². The van der Waals surface area contributed by atoms with Gasteiger partial charge in [0, 0.05) is 36.8 Å². The average molecular weight is 369 g/mol. The Morgan fingerprint density at radius 2 is 1.87 bits per heavy atom. The molecule has 0 atom stereocenters. The van der Waals surface area contributed by atoms with Gasteiger partial charge in [-0.1, -0.05) is 36.2 Å². The molecule has 0 aliphatic rings. The number of hydrogen-bond donors (Lipinski definition) is 0. The SMILES string of the molecule is CCc1nccn1Cc1cncc(-c2ccc(Cl)c(Cl)c2)c1.Cl. The second-order valence-electron chi connectivity index (χ2n) is 5.04. The second-order valence-corrected chi connectivity index (χ2v) is 5.85. The first-order valence-electron chi connectivity index (χ1n) is 7.06. The van der Waals surface area contributed by atoms with Crippen LogP contribution in [0.2, 0.25) is 10.0 Å². The molecule has 0 saturated carbocycles. The minimum absolute atomic E-state index is 0. The fraction of sp³-hybridized carbons (Fsp3) is 0.176. The van der Waals surface area contributed by atoms with E-state index in [1.165, 1.54) is 0 Å². The molecule has 0 fully saturated rings. The van der Waals surface area contributed by atoms with Crippen LogP contribution in [0.15, 0.2) is 49.1 Å². The third-order valence-electron chi connectivity index (χ3n) is 3.52. The topological polar surface area (TPSA) is 30.7 Å². The van der Waals surface area contributed by atoms with Crippen molar-refractivity contribution in [1.29, 1.82) is 0 Å². The molecule has 0 radical (unpaired) electrons. The molecule has 0 aliphatic carbocycles. The Morgan fingerprint density at radius 3 is 2.61 bits per heavy atom. The molecule has 0 bridgehead atoms. The fourth-order valence-electron chi connectivity index (χ4n) is 2.40. The maximum Gasteiger partial charge on any atom is 0.108 e. The van der Waals surface area contributed by atoms with E-state index in [0.717, 1.165) is 35.5 Å². The molecule has 2 heterocycles. The highest BCUT2D eigenvalue weighted by Crippen LogP contribution is 2.28. The lowest BCUT2D eigenvalue weighted by Crippen LogP contribution is -2.03. The third-order valence-corrected chi connectivity index (χ3v) is 4.26.